The normalized spacial score (nSPS) is 12.6. The minimum Gasteiger partial charge on any atom is -0.383 e. The van der Waals surface area contributed by atoms with Gasteiger partial charge in [-0.15, -0.1) is 0 Å². The fourth-order valence-corrected chi connectivity index (χ4v) is 4.18. The molecule has 5 aromatic rings. The summed E-state index contributed by atoms with van der Waals surface area (Å²) in [5, 5.41) is 11.7. The Morgan fingerprint density at radius 1 is 1.21 bits per heavy atom. The second-order valence-electron chi connectivity index (χ2n) is 9.20. The summed E-state index contributed by atoms with van der Waals surface area (Å²) in [6.45, 7) is 7.27. The number of pyridine rings is 2. The Hall–Kier alpha value is -4.70. The number of halogens is 1. The third-order valence-electron chi connectivity index (χ3n) is 6.12. The van der Waals surface area contributed by atoms with Gasteiger partial charge in [0.1, 0.15) is 11.5 Å². The van der Waals surface area contributed by atoms with E-state index in [2.05, 4.69) is 47.1 Å². The number of nitrogens with zero attached hydrogens (tertiary/aromatic N) is 6. The molecule has 4 aromatic heterocycles. The van der Waals surface area contributed by atoms with Crippen molar-refractivity contribution in [3.05, 3.63) is 78.3 Å². The van der Waals surface area contributed by atoms with Crippen molar-refractivity contribution >= 4 is 34.4 Å². The lowest BCUT2D eigenvalue weighted by Crippen LogP contribution is -2.25. The van der Waals surface area contributed by atoms with Gasteiger partial charge in [0.2, 0.25) is 0 Å². The van der Waals surface area contributed by atoms with E-state index >= 15 is 0 Å². The van der Waals surface area contributed by atoms with Crippen molar-refractivity contribution in [1.29, 1.82) is 0 Å². The number of H-pyrrole nitrogens is 2. The lowest BCUT2D eigenvalue weighted by Gasteiger charge is -2.12. The zero-order chi connectivity index (χ0) is 26.6. The van der Waals surface area contributed by atoms with Crippen LogP contribution in [0.4, 0.5) is 4.39 Å². The first-order valence-corrected chi connectivity index (χ1v) is 12.1. The van der Waals surface area contributed by atoms with E-state index in [9.17, 15) is 4.39 Å². The van der Waals surface area contributed by atoms with Gasteiger partial charge in [0.05, 0.1) is 28.3 Å². The quantitative estimate of drug-likeness (QED) is 0.194. The van der Waals surface area contributed by atoms with Gasteiger partial charge in [0, 0.05) is 37.2 Å². The van der Waals surface area contributed by atoms with Gasteiger partial charge >= 0.3 is 0 Å². The molecule has 5 rings (SSSR count). The largest absolute Gasteiger partial charge is 0.383 e. The van der Waals surface area contributed by atoms with E-state index in [0.29, 0.717) is 28.2 Å². The van der Waals surface area contributed by atoms with E-state index in [4.69, 9.17) is 4.98 Å². The number of aromatic amines is 2. The third-order valence-corrected chi connectivity index (χ3v) is 6.12. The smallest absolute Gasteiger partial charge is 0.159 e. The number of likely N-dealkylation sites (N-methyl/N-ethyl adjacent to an activating group) is 1. The maximum absolute atomic E-state index is 13.9. The van der Waals surface area contributed by atoms with Gasteiger partial charge in [-0.2, -0.15) is 5.10 Å². The summed E-state index contributed by atoms with van der Waals surface area (Å²) < 4.78 is 13.9. The minimum absolute atomic E-state index is 0.314. The molecule has 0 radical (unpaired) electrons. The van der Waals surface area contributed by atoms with Crippen LogP contribution < -0.4 is 5.32 Å². The monoisotopic (exact) mass is 509 g/mol. The van der Waals surface area contributed by atoms with Gasteiger partial charge in [-0.3, -0.25) is 15.1 Å². The lowest BCUT2D eigenvalue weighted by molar-refractivity contribution is 0.408. The van der Waals surface area contributed by atoms with Crippen LogP contribution in [0.5, 0.6) is 0 Å². The number of hydrogen-bond donors (Lipinski definition) is 3. The van der Waals surface area contributed by atoms with Crippen LogP contribution in [0.15, 0.2) is 71.9 Å². The molecular formula is C28H28FN9. The van der Waals surface area contributed by atoms with Gasteiger partial charge < -0.3 is 15.2 Å². The highest BCUT2D eigenvalue weighted by atomic mass is 19.1. The Morgan fingerprint density at radius 3 is 2.87 bits per heavy atom. The highest BCUT2D eigenvalue weighted by Gasteiger charge is 2.17. The van der Waals surface area contributed by atoms with Crippen LogP contribution in [0.25, 0.3) is 50.3 Å². The van der Waals surface area contributed by atoms with Crippen LogP contribution >= 0.6 is 0 Å². The summed E-state index contributed by atoms with van der Waals surface area (Å²) >= 11 is 0. The first-order valence-electron chi connectivity index (χ1n) is 12.1. The van der Waals surface area contributed by atoms with Crippen molar-refractivity contribution in [2.24, 2.45) is 4.99 Å². The zero-order valence-electron chi connectivity index (χ0n) is 21.5. The highest BCUT2D eigenvalue weighted by molar-refractivity contribution is 5.96. The molecule has 192 valence electrons. The Morgan fingerprint density at radius 2 is 2.08 bits per heavy atom. The van der Waals surface area contributed by atoms with E-state index in [1.807, 2.05) is 39.2 Å². The van der Waals surface area contributed by atoms with Crippen LogP contribution in [-0.4, -0.2) is 68.9 Å². The number of hydrogen-bond acceptors (Lipinski definition) is 7. The van der Waals surface area contributed by atoms with E-state index in [1.165, 1.54) is 12.1 Å². The molecule has 38 heavy (non-hydrogen) atoms. The molecule has 0 unspecified atom stereocenters. The third kappa shape index (κ3) is 5.21. The molecular weight excluding hydrogens is 481 g/mol. The molecule has 0 fully saturated rings. The Kier molecular flexibility index (Phi) is 7.05. The van der Waals surface area contributed by atoms with Gasteiger partial charge in [0.15, 0.2) is 11.5 Å². The molecule has 1 aromatic carbocycles. The molecule has 9 nitrogen and oxygen atoms in total. The van der Waals surface area contributed by atoms with E-state index in [-0.39, 0.29) is 5.82 Å². The van der Waals surface area contributed by atoms with E-state index < -0.39 is 0 Å². The molecule has 0 saturated carbocycles. The maximum atomic E-state index is 13.9. The Balaban J connectivity index is 1.51. The number of allylic oxidation sites excluding steroid dienone is 2. The molecule has 4 heterocycles. The van der Waals surface area contributed by atoms with Crippen LogP contribution in [0.2, 0.25) is 0 Å². The number of nitrogens with one attached hydrogen (secondary N) is 3. The topological polar surface area (TPSA) is 111 Å². The van der Waals surface area contributed by atoms with Gasteiger partial charge in [-0.05, 0) is 68.7 Å². The van der Waals surface area contributed by atoms with Crippen molar-refractivity contribution in [3.8, 4) is 22.6 Å². The van der Waals surface area contributed by atoms with Crippen molar-refractivity contribution in [2.75, 3.05) is 27.2 Å². The predicted molar refractivity (Wildman–Crippen MR) is 150 cm³/mol. The van der Waals surface area contributed by atoms with Gasteiger partial charge in [0.25, 0.3) is 0 Å². The Labute approximate surface area is 219 Å². The predicted octanol–water partition coefficient (Wildman–Crippen LogP) is 4.80. The fourth-order valence-electron chi connectivity index (χ4n) is 4.18. The van der Waals surface area contributed by atoms with E-state index in [0.717, 1.165) is 46.4 Å². The Bertz CT molecular complexity index is 1680. The van der Waals surface area contributed by atoms with Crippen LogP contribution in [-0.2, 0) is 0 Å². The standard InChI is InChI=1S/C28H28FN9/c1-17(10-21(14-30-2)32-8-9-38(3)4)19-12-22-26(36-37-27(22)33-13-19)28-34-24-16-31-15-23(25(24)35-28)18-6-5-7-20(29)11-18/h5-7,10-16,32H,2,8-9H2,1,3-4H3,(H,34,35)(H,33,36,37)/b17-10+,21-14+. The molecule has 10 heteroatoms. The van der Waals surface area contributed by atoms with Crippen molar-refractivity contribution in [3.63, 3.8) is 0 Å². The molecule has 0 aliphatic heterocycles. The summed E-state index contributed by atoms with van der Waals surface area (Å²) in [6.07, 6.45) is 8.91. The van der Waals surface area contributed by atoms with Crippen molar-refractivity contribution in [2.45, 2.75) is 6.92 Å². The fraction of sp³-hybridized carbons (Fsp3) is 0.179. The molecule has 0 bridgehead atoms. The summed E-state index contributed by atoms with van der Waals surface area (Å²) in [4.78, 5) is 23.1. The number of aromatic nitrogens is 6. The summed E-state index contributed by atoms with van der Waals surface area (Å²) in [7, 11) is 4.06. The zero-order valence-corrected chi connectivity index (χ0v) is 21.5. The first-order chi connectivity index (χ1) is 18.4. The number of imidazole rings is 1. The molecule has 0 atom stereocenters. The second kappa shape index (κ2) is 10.7. The number of benzene rings is 1. The van der Waals surface area contributed by atoms with Crippen molar-refractivity contribution in [1.82, 2.24) is 40.3 Å². The van der Waals surface area contributed by atoms with Crippen LogP contribution in [0.3, 0.4) is 0 Å². The lowest BCUT2D eigenvalue weighted by atomic mass is 10.1. The summed E-state index contributed by atoms with van der Waals surface area (Å²) in [5.41, 5.74) is 6.93. The summed E-state index contributed by atoms with van der Waals surface area (Å²) in [6, 6.07) is 8.43. The second-order valence-corrected chi connectivity index (χ2v) is 9.20. The highest BCUT2D eigenvalue weighted by Crippen LogP contribution is 2.31. The maximum Gasteiger partial charge on any atom is 0.159 e. The average Bonchev–Trinajstić information content (AvgIpc) is 3.52. The van der Waals surface area contributed by atoms with E-state index in [1.54, 1.807) is 30.9 Å². The minimum atomic E-state index is -0.314. The molecule has 0 saturated heterocycles. The van der Waals surface area contributed by atoms with Gasteiger partial charge in [-0.25, -0.2) is 14.4 Å². The average molecular weight is 510 g/mol. The first kappa shape index (κ1) is 25.0. The molecule has 0 amide bonds. The molecule has 0 spiro atoms. The summed E-state index contributed by atoms with van der Waals surface area (Å²) in [5.74, 6) is 0.254. The molecule has 0 aliphatic carbocycles. The van der Waals surface area contributed by atoms with Crippen molar-refractivity contribution < 1.29 is 4.39 Å². The number of rotatable bonds is 9. The van der Waals surface area contributed by atoms with Crippen LogP contribution in [0, 0.1) is 5.82 Å². The molecule has 3 N–H and O–H groups in total. The number of aliphatic imine (C=N–C) groups is 1. The van der Waals surface area contributed by atoms with Crippen LogP contribution in [0.1, 0.15) is 12.5 Å². The number of fused-ring (bicyclic) bond motifs is 2. The SMILES string of the molecule is C=N/C=C(\C=C(/C)c1cnc2[nH]nc(-c3nc4c(-c5cccc(F)c5)cncc4[nH]3)c2c1)NCCN(C)C. The van der Waals surface area contributed by atoms with Gasteiger partial charge in [-0.1, -0.05) is 12.1 Å². The molecule has 0 aliphatic rings.